The quantitative estimate of drug-likeness (QED) is 0.875. The molecule has 0 unspecified atom stereocenters. The van der Waals surface area contributed by atoms with E-state index in [4.69, 9.17) is 5.11 Å². The van der Waals surface area contributed by atoms with Gasteiger partial charge in [0, 0.05) is 10.2 Å². The first-order valence-corrected chi connectivity index (χ1v) is 6.79. The van der Waals surface area contributed by atoms with Crippen molar-refractivity contribution in [1.82, 2.24) is 0 Å². The molecule has 1 amide bonds. The number of carbonyl (C=O) groups is 2. The van der Waals surface area contributed by atoms with E-state index < -0.39 is 5.97 Å². The molecule has 17 heavy (non-hydrogen) atoms. The SMILES string of the molecule is Cc1cc(NC(=O)CSCC(=O)O)ccc1Br. The molecule has 0 aromatic heterocycles. The number of aliphatic carboxylic acids is 1. The molecule has 0 fully saturated rings. The number of hydrogen-bond acceptors (Lipinski definition) is 3. The van der Waals surface area contributed by atoms with Crippen LogP contribution in [0.3, 0.4) is 0 Å². The van der Waals surface area contributed by atoms with Gasteiger partial charge in [0.05, 0.1) is 11.5 Å². The number of benzene rings is 1. The Morgan fingerprint density at radius 2 is 2.12 bits per heavy atom. The Bertz CT molecular complexity index is 437. The summed E-state index contributed by atoms with van der Waals surface area (Å²) in [4.78, 5) is 21.7. The first kappa shape index (κ1) is 14.1. The molecule has 6 heteroatoms. The van der Waals surface area contributed by atoms with E-state index >= 15 is 0 Å². The molecule has 0 radical (unpaired) electrons. The minimum Gasteiger partial charge on any atom is -0.481 e. The van der Waals surface area contributed by atoms with Gasteiger partial charge in [-0.05, 0) is 30.7 Å². The average Bonchev–Trinajstić information content (AvgIpc) is 2.23. The number of thioether (sulfide) groups is 1. The van der Waals surface area contributed by atoms with Gasteiger partial charge in [-0.3, -0.25) is 9.59 Å². The van der Waals surface area contributed by atoms with Crippen molar-refractivity contribution in [2.45, 2.75) is 6.92 Å². The molecule has 0 spiro atoms. The number of hydrogen-bond donors (Lipinski definition) is 2. The summed E-state index contributed by atoms with van der Waals surface area (Å²) in [7, 11) is 0. The van der Waals surface area contributed by atoms with E-state index in [0.717, 1.165) is 21.8 Å². The number of nitrogens with one attached hydrogen (secondary N) is 1. The van der Waals surface area contributed by atoms with Gasteiger partial charge in [0.1, 0.15) is 0 Å². The first-order valence-electron chi connectivity index (χ1n) is 4.84. The summed E-state index contributed by atoms with van der Waals surface area (Å²) in [6, 6.07) is 5.50. The topological polar surface area (TPSA) is 66.4 Å². The number of carboxylic acids is 1. The van der Waals surface area contributed by atoms with Crippen molar-refractivity contribution in [3.63, 3.8) is 0 Å². The minimum atomic E-state index is -0.915. The zero-order chi connectivity index (χ0) is 12.8. The Labute approximate surface area is 112 Å². The second-order valence-electron chi connectivity index (χ2n) is 3.40. The fraction of sp³-hybridized carbons (Fsp3) is 0.273. The predicted molar refractivity (Wildman–Crippen MR) is 72.5 cm³/mol. The third kappa shape index (κ3) is 5.23. The van der Waals surface area contributed by atoms with E-state index in [1.54, 1.807) is 6.07 Å². The van der Waals surface area contributed by atoms with Crippen molar-refractivity contribution in [3.05, 3.63) is 28.2 Å². The zero-order valence-electron chi connectivity index (χ0n) is 9.20. The molecule has 1 aromatic rings. The summed E-state index contributed by atoms with van der Waals surface area (Å²) >= 11 is 4.45. The van der Waals surface area contributed by atoms with Crippen LogP contribution in [0.2, 0.25) is 0 Å². The van der Waals surface area contributed by atoms with Crippen LogP contribution >= 0.6 is 27.7 Å². The van der Waals surface area contributed by atoms with Crippen molar-refractivity contribution >= 4 is 45.3 Å². The van der Waals surface area contributed by atoms with Crippen molar-refractivity contribution in [3.8, 4) is 0 Å². The molecule has 0 aliphatic heterocycles. The van der Waals surface area contributed by atoms with Crippen molar-refractivity contribution in [2.24, 2.45) is 0 Å². The van der Waals surface area contributed by atoms with Crippen molar-refractivity contribution in [1.29, 1.82) is 0 Å². The normalized spacial score (nSPS) is 10.0. The van der Waals surface area contributed by atoms with Gasteiger partial charge in [-0.15, -0.1) is 11.8 Å². The highest BCUT2D eigenvalue weighted by Crippen LogP contribution is 2.20. The second kappa shape index (κ2) is 6.66. The van der Waals surface area contributed by atoms with Crippen LogP contribution in [-0.4, -0.2) is 28.5 Å². The highest BCUT2D eigenvalue weighted by molar-refractivity contribution is 9.10. The van der Waals surface area contributed by atoms with E-state index in [0.29, 0.717) is 5.69 Å². The Balaban J connectivity index is 2.45. The first-order chi connectivity index (χ1) is 7.99. The van der Waals surface area contributed by atoms with Crippen molar-refractivity contribution < 1.29 is 14.7 Å². The van der Waals surface area contributed by atoms with Crippen molar-refractivity contribution in [2.75, 3.05) is 16.8 Å². The molecule has 0 saturated carbocycles. The third-order valence-electron chi connectivity index (χ3n) is 1.90. The number of halogens is 1. The van der Waals surface area contributed by atoms with Crippen LogP contribution in [0.25, 0.3) is 0 Å². The molecule has 0 atom stereocenters. The van der Waals surface area contributed by atoms with Crippen LogP contribution in [0.4, 0.5) is 5.69 Å². The van der Waals surface area contributed by atoms with Crippen LogP contribution in [0.1, 0.15) is 5.56 Å². The third-order valence-corrected chi connectivity index (χ3v) is 3.71. The lowest BCUT2D eigenvalue weighted by molar-refractivity contribution is -0.133. The Morgan fingerprint density at radius 3 is 2.71 bits per heavy atom. The van der Waals surface area contributed by atoms with Gasteiger partial charge in [-0.2, -0.15) is 0 Å². The smallest absolute Gasteiger partial charge is 0.313 e. The summed E-state index contributed by atoms with van der Waals surface area (Å²) in [6.07, 6.45) is 0. The maximum atomic E-state index is 11.5. The lowest BCUT2D eigenvalue weighted by Gasteiger charge is -2.06. The van der Waals surface area contributed by atoms with Gasteiger partial charge in [-0.1, -0.05) is 15.9 Å². The van der Waals surface area contributed by atoms with Crippen LogP contribution in [0.5, 0.6) is 0 Å². The zero-order valence-corrected chi connectivity index (χ0v) is 11.6. The molecule has 1 rings (SSSR count). The second-order valence-corrected chi connectivity index (χ2v) is 5.24. The molecular formula is C11H12BrNO3S. The number of anilines is 1. The fourth-order valence-corrected chi connectivity index (χ4v) is 1.93. The van der Waals surface area contributed by atoms with Gasteiger partial charge in [0.25, 0.3) is 0 Å². The summed E-state index contributed by atoms with van der Waals surface area (Å²) < 4.78 is 0.982. The maximum absolute atomic E-state index is 11.5. The predicted octanol–water partition coefficient (Wildman–Crippen LogP) is 2.51. The molecule has 0 bridgehead atoms. The lowest BCUT2D eigenvalue weighted by atomic mass is 10.2. The van der Waals surface area contributed by atoms with Crippen LogP contribution in [0, 0.1) is 6.92 Å². The molecule has 0 aliphatic carbocycles. The number of aryl methyl sites for hydroxylation is 1. The summed E-state index contributed by atoms with van der Waals surface area (Å²) in [6.45, 7) is 1.93. The van der Waals surface area contributed by atoms with Gasteiger partial charge < -0.3 is 10.4 Å². The van der Waals surface area contributed by atoms with Gasteiger partial charge >= 0.3 is 5.97 Å². The lowest BCUT2D eigenvalue weighted by Crippen LogP contribution is -2.15. The minimum absolute atomic E-state index is 0.0627. The van der Waals surface area contributed by atoms with Crippen LogP contribution in [0.15, 0.2) is 22.7 Å². The maximum Gasteiger partial charge on any atom is 0.313 e. The summed E-state index contributed by atoms with van der Waals surface area (Å²) in [5.74, 6) is -1.03. The van der Waals surface area contributed by atoms with Crippen LogP contribution in [-0.2, 0) is 9.59 Å². The highest BCUT2D eigenvalue weighted by Gasteiger charge is 2.05. The molecule has 0 heterocycles. The highest BCUT2D eigenvalue weighted by atomic mass is 79.9. The molecule has 2 N–H and O–H groups in total. The average molecular weight is 318 g/mol. The standard InChI is InChI=1S/C11H12BrNO3S/c1-7-4-8(2-3-9(7)12)13-10(14)5-17-6-11(15)16/h2-4H,5-6H2,1H3,(H,13,14)(H,15,16). The van der Waals surface area contributed by atoms with E-state index in [-0.39, 0.29) is 17.4 Å². The number of carboxylic acid groups (broad SMARTS) is 1. The van der Waals surface area contributed by atoms with Gasteiger partial charge in [0.15, 0.2) is 0 Å². The van der Waals surface area contributed by atoms with Gasteiger partial charge in [-0.25, -0.2) is 0 Å². The molecular weight excluding hydrogens is 306 g/mol. The van der Waals surface area contributed by atoms with E-state index in [9.17, 15) is 9.59 Å². The molecule has 4 nitrogen and oxygen atoms in total. The number of amides is 1. The Kier molecular flexibility index (Phi) is 5.50. The molecule has 92 valence electrons. The van der Waals surface area contributed by atoms with E-state index in [1.165, 1.54) is 0 Å². The molecule has 1 aromatic carbocycles. The summed E-state index contributed by atoms with van der Waals surface area (Å²) in [5, 5.41) is 11.1. The Hall–Kier alpha value is -1.01. The number of carbonyl (C=O) groups excluding carboxylic acids is 1. The largest absolute Gasteiger partial charge is 0.481 e. The monoisotopic (exact) mass is 317 g/mol. The number of rotatable bonds is 5. The Morgan fingerprint density at radius 1 is 1.41 bits per heavy atom. The van der Waals surface area contributed by atoms with Gasteiger partial charge in [0.2, 0.25) is 5.91 Å². The fourth-order valence-electron chi connectivity index (χ4n) is 1.15. The molecule has 0 aliphatic rings. The molecule has 0 saturated heterocycles. The van der Waals surface area contributed by atoms with E-state index in [2.05, 4.69) is 21.2 Å². The van der Waals surface area contributed by atoms with Crippen LogP contribution < -0.4 is 5.32 Å². The van der Waals surface area contributed by atoms with E-state index in [1.807, 2.05) is 19.1 Å². The summed E-state index contributed by atoms with van der Waals surface area (Å²) in [5.41, 5.74) is 1.74.